The van der Waals surface area contributed by atoms with Gasteiger partial charge in [0.1, 0.15) is 0 Å². The predicted molar refractivity (Wildman–Crippen MR) is 562 cm³/mol. The molecule has 0 heteroatoms. The fraction of sp³-hybridized carbons (Fsp3) is 1.00. The highest BCUT2D eigenvalue weighted by Gasteiger charge is 2.52. The minimum atomic E-state index is 1.14. The number of fused-ring (bicyclic) bond motifs is 21. The molecule has 0 saturated heterocycles. The summed E-state index contributed by atoms with van der Waals surface area (Å²) in [5.74, 6) is 44.8. The zero-order chi connectivity index (χ0) is 87.7. The molecule has 748 valence electrons. The van der Waals surface area contributed by atoms with Gasteiger partial charge in [0.25, 0.3) is 0 Å². The SMILES string of the molecule is C1CC2CCCC2C1.C1CC2CCCC2C2CC2C1.C1CC2CCCC3CCC(C1)C23.C1CCC2C(C1)CCC1C3CCCC3CCC21.C1CCC2C(C1)CCC1CCCCC12.C1CCC2CC3CCCCC3CC2C1.C1CCC2CCCCC2C1.C1CCC2CCCCC2CC1.C1CC[C@H]2CCC[C@H]2C1.C1CC[C@H]2C[C@H]2C1.C1C[C@@H]2CC[C@@H]2C1.C1C[C@@H]2C[C@@H]2C1.C1C[C@H]2C[C@@H]12. The quantitative estimate of drug-likeness (QED) is 0.227. The van der Waals surface area contributed by atoms with Crippen LogP contribution in [-0.2, 0) is 0 Å². The van der Waals surface area contributed by atoms with Crippen molar-refractivity contribution in [1.82, 2.24) is 0 Å². The van der Waals surface area contributed by atoms with E-state index in [0.717, 1.165) is 71.0 Å². The maximum absolute atomic E-state index is 1.62. The maximum atomic E-state index is 1.62. The predicted octanol–water partition coefficient (Wildman–Crippen LogP) is 41.0. The topological polar surface area (TPSA) is 0 Å². The summed E-state index contributed by atoms with van der Waals surface area (Å²) in [5, 5.41) is 0. The maximum Gasteiger partial charge on any atom is -0.0329 e. The highest BCUT2D eigenvalue weighted by atomic mass is 14.6. The third-order valence-corrected chi connectivity index (χ3v) is 49.8. The minimum Gasteiger partial charge on any atom is -0.0533 e. The van der Waals surface area contributed by atoms with Crippen LogP contribution < -0.4 is 0 Å². The second-order valence-electron chi connectivity index (χ2n) is 56.6. The molecule has 0 aromatic carbocycles. The van der Waals surface area contributed by atoms with Gasteiger partial charge < -0.3 is 0 Å². The van der Waals surface area contributed by atoms with Crippen LogP contribution in [0.2, 0.25) is 0 Å². The van der Waals surface area contributed by atoms with Crippen LogP contribution in [0.15, 0.2) is 0 Å². The molecule has 32 atom stereocenters. The van der Waals surface area contributed by atoms with Crippen LogP contribution >= 0.6 is 0 Å². The number of hydrogen-bond acceptors (Lipinski definition) is 0. The van der Waals surface area contributed by atoms with Gasteiger partial charge in [0.2, 0.25) is 0 Å². The molecule has 0 radical (unpaired) electrons. The lowest BCUT2D eigenvalue weighted by molar-refractivity contribution is -0.0184. The summed E-state index contributed by atoms with van der Waals surface area (Å²) in [5.41, 5.74) is 0. The fourth-order valence-electron chi connectivity index (χ4n) is 41.8. The molecular formula is C131H224. The zero-order valence-electron chi connectivity index (χ0n) is 87.7. The normalized spacial score (nSPS) is 48.4. The second kappa shape index (κ2) is 50.5. The second-order valence-corrected chi connectivity index (χ2v) is 56.6. The molecule has 0 aromatic rings. The van der Waals surface area contributed by atoms with Crippen molar-refractivity contribution in [3.05, 3.63) is 0 Å². The molecule has 0 aromatic heterocycles. The first-order valence-corrected chi connectivity index (χ1v) is 64.9. The lowest BCUT2D eigenvalue weighted by Gasteiger charge is -2.51. The van der Waals surface area contributed by atoms with Crippen molar-refractivity contribution in [3.63, 3.8) is 0 Å². The van der Waals surface area contributed by atoms with Crippen LogP contribution in [0, 0.1) is 225 Å². The Kier molecular flexibility index (Phi) is 37.9. The molecule has 0 amide bonds. The molecule has 131 heavy (non-hydrogen) atoms. The average Bonchev–Trinajstić information content (AvgIpc) is 1.66. The number of hydrogen-bond donors (Lipinski definition) is 0. The average molecular weight is 1800 g/mol. The van der Waals surface area contributed by atoms with Gasteiger partial charge in [-0.1, -0.05) is 449 Å². The standard InChI is InChI=1S/C17H28.2C14H24.C12H20.C11H18.C11H20.C10H18.C9H16.C8H14.2C7H12.C6H10.C5H8/c1-2-6-14-12(4-1)8-10-17-15-7-3-5-13(15)9-11-16(14)17;1-3-7-13-11(5-1)9-10-12-6-2-4-8-14(12)13;1-2-6-12-10-14-8-4-3-7-13(14)9-11(12)5-1;1-3-9-4-2-6-11-8-7-10(5-1)12(9)11;1-3-8-4-2-6-10(8)11-7-9(11)5-1;1-2-6-10-8-4-5-9-11(10)7-3-1;1-2-6-10-8-4-3-7-9(10)5-1;1-2-5-9-7-3-6-8(9)4-1;1-3-7-5-2-6-8(7)4-1;1-2-6-4-5-7(6)3-1;1-2-4-7-5-6(7)3-1;1-2-5-4-6(5)3-1;1-2-5-3-4(1)5/h12-17H,1-11H2;2*11-14H,1-10H2;9-12H,1-8H2;8-11H,1-7H2;10-11H,1-9H2;9-10H,1-8H2;8-9H,1-7H2;7-8H,1-6H2;2*6-7H,1-5H2;5-6H,1-4H2;4-5H,1-3H2/t;;;;;;;8-,9+;;2*6-,7+;5-,6+;4-,5+. The summed E-state index contributed by atoms with van der Waals surface area (Å²) in [6, 6.07) is 0. The molecule has 0 spiro atoms. The van der Waals surface area contributed by atoms with E-state index in [9.17, 15) is 0 Å². The molecule has 0 heterocycles. The molecule has 32 aliphatic carbocycles. The molecule has 0 N–H and O–H groups in total. The van der Waals surface area contributed by atoms with Crippen molar-refractivity contribution in [1.29, 1.82) is 0 Å². The van der Waals surface area contributed by atoms with E-state index in [4.69, 9.17) is 0 Å². The summed E-state index contributed by atoms with van der Waals surface area (Å²) in [4.78, 5) is 0. The van der Waals surface area contributed by atoms with Crippen molar-refractivity contribution in [2.24, 2.45) is 225 Å². The van der Waals surface area contributed by atoms with Gasteiger partial charge in [0.15, 0.2) is 0 Å². The van der Waals surface area contributed by atoms with Gasteiger partial charge >= 0.3 is 0 Å². The van der Waals surface area contributed by atoms with Gasteiger partial charge in [0.05, 0.1) is 0 Å². The molecular weight excluding hydrogens is 1570 g/mol. The lowest BCUT2D eigenvalue weighted by atomic mass is 9.54. The number of rotatable bonds is 0. The Hall–Kier alpha value is 0. The Labute approximate surface area is 816 Å². The van der Waals surface area contributed by atoms with E-state index in [-0.39, 0.29) is 0 Å². The lowest BCUT2D eigenvalue weighted by Crippen LogP contribution is -2.43. The van der Waals surface area contributed by atoms with Crippen LogP contribution in [0.1, 0.15) is 597 Å². The van der Waals surface area contributed by atoms with Crippen molar-refractivity contribution in [3.8, 4) is 0 Å². The van der Waals surface area contributed by atoms with E-state index < -0.39 is 0 Å². The van der Waals surface area contributed by atoms with E-state index in [0.29, 0.717) is 0 Å². The molecule has 32 fully saturated rings. The van der Waals surface area contributed by atoms with Gasteiger partial charge in [-0.15, -0.1) is 0 Å². The summed E-state index contributed by atoms with van der Waals surface area (Å²) >= 11 is 0. The van der Waals surface area contributed by atoms with Crippen LogP contribution in [0.5, 0.6) is 0 Å². The first-order chi connectivity index (χ1) is 64.9. The van der Waals surface area contributed by atoms with Crippen molar-refractivity contribution in [2.75, 3.05) is 0 Å². The summed E-state index contributed by atoms with van der Waals surface area (Å²) in [6.07, 6.45) is 145. The molecule has 22 unspecified atom stereocenters. The zero-order valence-corrected chi connectivity index (χ0v) is 87.7. The Balaban J connectivity index is 0.0000000895. The molecule has 32 aliphatic rings. The monoisotopic (exact) mass is 1800 g/mol. The Bertz CT molecular complexity index is 2990. The summed E-state index contributed by atoms with van der Waals surface area (Å²) < 4.78 is 0. The van der Waals surface area contributed by atoms with Gasteiger partial charge in [-0.3, -0.25) is 0 Å². The Morgan fingerprint density at radius 2 is 0.198 bits per heavy atom. The van der Waals surface area contributed by atoms with Crippen LogP contribution in [-0.4, -0.2) is 0 Å². The molecule has 32 saturated carbocycles. The van der Waals surface area contributed by atoms with Crippen molar-refractivity contribution in [2.45, 2.75) is 597 Å². The highest BCUT2D eigenvalue weighted by molar-refractivity contribution is 5.03. The van der Waals surface area contributed by atoms with E-state index in [1.165, 1.54) is 269 Å². The Morgan fingerprint density at radius 3 is 0.473 bits per heavy atom. The van der Waals surface area contributed by atoms with E-state index in [1.54, 1.807) is 482 Å². The van der Waals surface area contributed by atoms with E-state index >= 15 is 0 Å². The first kappa shape index (κ1) is 98.4. The molecule has 0 aliphatic heterocycles. The van der Waals surface area contributed by atoms with E-state index in [2.05, 4.69) is 0 Å². The smallest absolute Gasteiger partial charge is 0.0329 e. The van der Waals surface area contributed by atoms with Crippen molar-refractivity contribution < 1.29 is 0 Å². The molecule has 32 rings (SSSR count). The summed E-state index contributed by atoms with van der Waals surface area (Å²) in [6.45, 7) is 0. The largest absolute Gasteiger partial charge is 0.0533 e. The Morgan fingerprint density at radius 1 is 0.0611 bits per heavy atom. The summed E-state index contributed by atoms with van der Waals surface area (Å²) in [7, 11) is 0. The highest BCUT2D eigenvalue weighted by Crippen LogP contribution is 2.63. The van der Waals surface area contributed by atoms with Gasteiger partial charge in [-0.05, 0) is 373 Å². The minimum absolute atomic E-state index is 1.14. The van der Waals surface area contributed by atoms with E-state index in [1.807, 2.05) is 0 Å². The van der Waals surface area contributed by atoms with Gasteiger partial charge in [-0.25, -0.2) is 0 Å². The van der Waals surface area contributed by atoms with Crippen LogP contribution in [0.25, 0.3) is 0 Å². The first-order valence-electron chi connectivity index (χ1n) is 64.9. The van der Waals surface area contributed by atoms with Crippen LogP contribution in [0.3, 0.4) is 0 Å². The van der Waals surface area contributed by atoms with Gasteiger partial charge in [0, 0.05) is 0 Å². The molecule has 0 nitrogen and oxygen atoms in total. The third kappa shape index (κ3) is 27.2. The van der Waals surface area contributed by atoms with Crippen molar-refractivity contribution >= 4 is 0 Å². The van der Waals surface area contributed by atoms with Crippen LogP contribution in [0.4, 0.5) is 0 Å². The fourth-order valence-corrected chi connectivity index (χ4v) is 41.8. The van der Waals surface area contributed by atoms with Gasteiger partial charge in [-0.2, -0.15) is 0 Å². The molecule has 0 bridgehead atoms. The third-order valence-electron chi connectivity index (χ3n) is 49.8.